The summed E-state index contributed by atoms with van der Waals surface area (Å²) in [5.41, 5.74) is 16.8. The van der Waals surface area contributed by atoms with Gasteiger partial charge in [-0.2, -0.15) is 0 Å². The van der Waals surface area contributed by atoms with Crippen molar-refractivity contribution in [2.45, 2.75) is 0 Å². The van der Waals surface area contributed by atoms with E-state index in [-0.39, 0.29) is 0 Å². The minimum Gasteiger partial charge on any atom is -0.456 e. The quantitative estimate of drug-likeness (QED) is 0.156. The topological polar surface area (TPSA) is 16.4 Å². The molecule has 0 fully saturated rings. The fourth-order valence-electron chi connectivity index (χ4n) is 7.92. The normalized spacial score (nSPS) is 11.2. The Morgan fingerprint density at radius 1 is 0.268 bits per heavy atom. The third kappa shape index (κ3) is 6.24. The summed E-state index contributed by atoms with van der Waals surface area (Å²) in [6.45, 7) is 0. The molecule has 264 valence electrons. The lowest BCUT2D eigenvalue weighted by Crippen LogP contribution is -2.11. The Labute approximate surface area is 327 Å². The average Bonchev–Trinajstić information content (AvgIpc) is 3.66. The number of furan rings is 1. The van der Waals surface area contributed by atoms with Gasteiger partial charge in [-0.15, -0.1) is 0 Å². The molecule has 10 rings (SSSR count). The molecule has 0 saturated carbocycles. The van der Waals surface area contributed by atoms with E-state index in [1.165, 1.54) is 33.4 Å². The lowest BCUT2D eigenvalue weighted by Gasteiger charge is -2.28. The predicted molar refractivity (Wildman–Crippen MR) is 236 cm³/mol. The molecule has 0 aliphatic heterocycles. The first-order valence-electron chi connectivity index (χ1n) is 19.1. The number of fused-ring (bicyclic) bond motifs is 3. The third-order valence-electron chi connectivity index (χ3n) is 10.7. The van der Waals surface area contributed by atoms with Crippen LogP contribution in [0.25, 0.3) is 77.6 Å². The largest absolute Gasteiger partial charge is 0.456 e. The summed E-state index contributed by atoms with van der Waals surface area (Å²) in [5.74, 6) is 0. The highest BCUT2D eigenvalue weighted by atomic mass is 16.3. The van der Waals surface area contributed by atoms with E-state index in [4.69, 9.17) is 4.42 Å². The Morgan fingerprint density at radius 2 is 0.732 bits per heavy atom. The van der Waals surface area contributed by atoms with Gasteiger partial charge in [0.15, 0.2) is 0 Å². The molecule has 2 nitrogen and oxygen atoms in total. The monoisotopic (exact) mass is 715 g/mol. The van der Waals surface area contributed by atoms with Crippen LogP contribution in [-0.4, -0.2) is 0 Å². The zero-order chi connectivity index (χ0) is 37.3. The van der Waals surface area contributed by atoms with Crippen molar-refractivity contribution in [3.63, 3.8) is 0 Å². The van der Waals surface area contributed by atoms with E-state index in [9.17, 15) is 0 Å². The summed E-state index contributed by atoms with van der Waals surface area (Å²) in [4.78, 5) is 2.38. The first-order chi connectivity index (χ1) is 27.8. The maximum absolute atomic E-state index is 6.28. The number of hydrogen-bond donors (Lipinski definition) is 0. The van der Waals surface area contributed by atoms with Crippen LogP contribution < -0.4 is 4.90 Å². The van der Waals surface area contributed by atoms with Gasteiger partial charge in [-0.05, 0) is 105 Å². The Balaban J connectivity index is 1.17. The van der Waals surface area contributed by atoms with Gasteiger partial charge in [-0.25, -0.2) is 0 Å². The van der Waals surface area contributed by atoms with Gasteiger partial charge in [0.2, 0.25) is 0 Å². The zero-order valence-corrected chi connectivity index (χ0v) is 30.7. The van der Waals surface area contributed by atoms with Crippen molar-refractivity contribution < 1.29 is 4.42 Å². The Kier molecular flexibility index (Phi) is 8.55. The second-order valence-corrected chi connectivity index (χ2v) is 14.1. The van der Waals surface area contributed by atoms with Gasteiger partial charge in [0.05, 0.1) is 5.69 Å². The highest BCUT2D eigenvalue weighted by Gasteiger charge is 2.21. The molecule has 0 aliphatic rings. The van der Waals surface area contributed by atoms with Gasteiger partial charge in [0.25, 0.3) is 0 Å². The number of rotatable bonds is 8. The summed E-state index contributed by atoms with van der Waals surface area (Å²) in [7, 11) is 0. The number of benzene rings is 9. The molecular formula is C54H37NO. The SMILES string of the molecule is c1ccc(-c2ccc(N(c3ccc4oc5ccccc5c4c3)c3ccc(-c4ccc(-c5ccccc5)c(-c5ccccc5)c4)cc3-c3ccccc3)cc2)cc1. The molecule has 0 N–H and O–H groups in total. The second kappa shape index (κ2) is 14.4. The predicted octanol–water partition coefficient (Wildman–Crippen LogP) is 15.4. The number of hydrogen-bond acceptors (Lipinski definition) is 2. The fourth-order valence-corrected chi connectivity index (χ4v) is 7.92. The van der Waals surface area contributed by atoms with Crippen LogP contribution in [0.3, 0.4) is 0 Å². The molecule has 0 spiro atoms. The molecule has 1 aromatic heterocycles. The zero-order valence-electron chi connectivity index (χ0n) is 30.7. The van der Waals surface area contributed by atoms with Crippen molar-refractivity contribution in [1.82, 2.24) is 0 Å². The summed E-state index contributed by atoms with van der Waals surface area (Å²) in [6.07, 6.45) is 0. The number of para-hydroxylation sites is 1. The first kappa shape index (κ1) is 33.2. The molecule has 0 atom stereocenters. The summed E-state index contributed by atoms with van der Waals surface area (Å²) >= 11 is 0. The third-order valence-corrected chi connectivity index (χ3v) is 10.7. The van der Waals surface area contributed by atoms with Crippen LogP contribution in [0.1, 0.15) is 0 Å². The first-order valence-corrected chi connectivity index (χ1v) is 19.1. The lowest BCUT2D eigenvalue weighted by atomic mass is 9.90. The molecule has 0 aliphatic carbocycles. The van der Waals surface area contributed by atoms with Gasteiger partial charge in [-0.3, -0.25) is 0 Å². The molecule has 0 radical (unpaired) electrons. The molecule has 56 heavy (non-hydrogen) atoms. The summed E-state index contributed by atoms with van der Waals surface area (Å²) < 4.78 is 6.28. The van der Waals surface area contributed by atoms with E-state index in [0.29, 0.717) is 0 Å². The van der Waals surface area contributed by atoms with Crippen LogP contribution in [0.2, 0.25) is 0 Å². The molecule has 1 heterocycles. The maximum atomic E-state index is 6.28. The Morgan fingerprint density at radius 3 is 1.39 bits per heavy atom. The van der Waals surface area contributed by atoms with Gasteiger partial charge < -0.3 is 9.32 Å². The molecule has 0 saturated heterocycles. The second-order valence-electron chi connectivity index (χ2n) is 14.1. The van der Waals surface area contributed by atoms with Crippen molar-refractivity contribution in [2.24, 2.45) is 0 Å². The number of anilines is 3. The van der Waals surface area contributed by atoms with Crippen LogP contribution in [0, 0.1) is 0 Å². The van der Waals surface area contributed by atoms with E-state index >= 15 is 0 Å². The highest BCUT2D eigenvalue weighted by Crippen LogP contribution is 2.45. The van der Waals surface area contributed by atoms with Gasteiger partial charge in [-0.1, -0.05) is 170 Å². The lowest BCUT2D eigenvalue weighted by molar-refractivity contribution is 0.669. The van der Waals surface area contributed by atoms with Crippen molar-refractivity contribution in [1.29, 1.82) is 0 Å². The van der Waals surface area contributed by atoms with Crippen LogP contribution in [0.4, 0.5) is 17.1 Å². The molecule has 0 unspecified atom stereocenters. The Hall–Kier alpha value is -7.42. The maximum Gasteiger partial charge on any atom is 0.135 e. The van der Waals surface area contributed by atoms with Crippen LogP contribution >= 0.6 is 0 Å². The van der Waals surface area contributed by atoms with Gasteiger partial charge in [0.1, 0.15) is 11.2 Å². The van der Waals surface area contributed by atoms with Gasteiger partial charge in [0, 0.05) is 27.7 Å². The van der Waals surface area contributed by atoms with E-state index in [1.807, 2.05) is 12.1 Å². The van der Waals surface area contributed by atoms with Crippen LogP contribution in [0.5, 0.6) is 0 Å². The molecule has 10 aromatic rings. The van der Waals surface area contributed by atoms with Gasteiger partial charge >= 0.3 is 0 Å². The van der Waals surface area contributed by atoms with Crippen LogP contribution in [0.15, 0.2) is 229 Å². The minimum atomic E-state index is 0.876. The Bertz CT molecular complexity index is 2930. The number of nitrogens with zero attached hydrogens (tertiary/aromatic N) is 1. The van der Waals surface area contributed by atoms with E-state index < -0.39 is 0 Å². The van der Waals surface area contributed by atoms with Crippen LogP contribution in [-0.2, 0) is 0 Å². The fraction of sp³-hybridized carbons (Fsp3) is 0. The molecule has 9 aromatic carbocycles. The standard InChI is InChI=1S/C54H37NO/c1-5-15-38(16-6-1)39-25-29-45(30-26-39)55(46-31-34-54-51(37-46)48-23-13-14-24-53(48)56-54)52-33-28-44(36-50(52)42-21-11-4-12-22-42)43-27-32-47(40-17-7-2-8-18-40)49(35-43)41-19-9-3-10-20-41/h1-37H. The summed E-state index contributed by atoms with van der Waals surface area (Å²) in [6, 6.07) is 80.2. The molecular weight excluding hydrogens is 679 g/mol. The summed E-state index contributed by atoms with van der Waals surface area (Å²) in [5, 5.41) is 2.20. The smallest absolute Gasteiger partial charge is 0.135 e. The van der Waals surface area contributed by atoms with Crippen molar-refractivity contribution in [3.05, 3.63) is 224 Å². The van der Waals surface area contributed by atoms with Crippen molar-refractivity contribution >= 4 is 39.0 Å². The average molecular weight is 716 g/mol. The molecule has 2 heteroatoms. The van der Waals surface area contributed by atoms with E-state index in [0.717, 1.165) is 61.3 Å². The highest BCUT2D eigenvalue weighted by molar-refractivity contribution is 6.07. The van der Waals surface area contributed by atoms with E-state index in [2.05, 4.69) is 217 Å². The van der Waals surface area contributed by atoms with E-state index in [1.54, 1.807) is 0 Å². The minimum absolute atomic E-state index is 0.876. The van der Waals surface area contributed by atoms with Crippen molar-refractivity contribution in [3.8, 4) is 55.6 Å². The molecule has 0 bridgehead atoms. The molecule has 0 amide bonds. The van der Waals surface area contributed by atoms with Crippen molar-refractivity contribution in [2.75, 3.05) is 4.90 Å².